The lowest BCUT2D eigenvalue weighted by molar-refractivity contribution is -0.130. The number of carbonyl (C=O) groups is 1. The molecule has 0 aromatic carbocycles. The molecule has 6 heteroatoms. The van der Waals surface area contributed by atoms with Gasteiger partial charge in [-0.05, 0) is 99.2 Å². The summed E-state index contributed by atoms with van der Waals surface area (Å²) in [6.07, 6.45) is 15.0. The van der Waals surface area contributed by atoms with E-state index in [9.17, 15) is 9.90 Å². The summed E-state index contributed by atoms with van der Waals surface area (Å²) < 4.78 is 0. The summed E-state index contributed by atoms with van der Waals surface area (Å²) in [7, 11) is 0. The van der Waals surface area contributed by atoms with Crippen LogP contribution in [-0.4, -0.2) is 26.6 Å². The minimum atomic E-state index is -0.420. The Kier molecular flexibility index (Phi) is 5.97. The number of aromatic nitrogens is 2. The Bertz CT molecular complexity index is 927. The molecule has 4 saturated carbocycles. The van der Waals surface area contributed by atoms with E-state index in [-0.39, 0.29) is 22.9 Å². The van der Waals surface area contributed by atoms with E-state index in [1.165, 1.54) is 38.1 Å². The van der Waals surface area contributed by atoms with Gasteiger partial charge in [-0.1, -0.05) is 20.3 Å². The largest absolute Gasteiger partial charge is 0.390 e. The lowest BCUT2D eigenvalue weighted by Crippen LogP contribution is -2.51. The first-order chi connectivity index (χ1) is 15.9. The number of nitrogens with zero attached hydrogens (tertiary/aromatic N) is 3. The molecule has 8 unspecified atom stereocenters. The number of nitriles is 1. The minimum Gasteiger partial charge on any atom is -0.390 e. The van der Waals surface area contributed by atoms with Crippen LogP contribution in [0.3, 0.4) is 0 Å². The molecule has 4 aliphatic carbocycles. The molecular weight excluding hydrogens is 412 g/mol. The number of hydrogen-bond donors (Lipinski definition) is 2. The molecule has 6 nitrogen and oxygen atoms in total. The average molecular weight is 451 g/mol. The van der Waals surface area contributed by atoms with Crippen LogP contribution in [0.4, 0.5) is 5.82 Å². The van der Waals surface area contributed by atoms with E-state index >= 15 is 0 Å². The first-order valence-electron chi connectivity index (χ1n) is 13.1. The van der Waals surface area contributed by atoms with Crippen molar-refractivity contribution in [3.63, 3.8) is 0 Å². The second-order valence-electron chi connectivity index (χ2n) is 11.7. The highest BCUT2D eigenvalue weighted by atomic mass is 16.3. The van der Waals surface area contributed by atoms with Crippen LogP contribution in [0.2, 0.25) is 0 Å². The number of amides is 1. The van der Waals surface area contributed by atoms with Gasteiger partial charge in [-0.15, -0.1) is 0 Å². The number of fused-ring (bicyclic) bond motifs is 5. The highest BCUT2D eigenvalue weighted by molar-refractivity contribution is 5.92. The molecule has 1 aromatic heterocycles. The van der Waals surface area contributed by atoms with Crippen molar-refractivity contribution in [2.75, 3.05) is 5.32 Å². The van der Waals surface area contributed by atoms with Crippen molar-refractivity contribution in [3.8, 4) is 6.07 Å². The predicted octanol–water partition coefficient (Wildman–Crippen LogP) is 5.09. The van der Waals surface area contributed by atoms with Gasteiger partial charge in [0.2, 0.25) is 5.91 Å². The maximum atomic E-state index is 13.3. The van der Waals surface area contributed by atoms with E-state index in [1.54, 1.807) is 0 Å². The fourth-order valence-electron chi connectivity index (χ4n) is 8.75. The zero-order valence-electron chi connectivity index (χ0n) is 20.1. The lowest BCUT2D eigenvalue weighted by atomic mass is 9.49. The zero-order chi connectivity index (χ0) is 23.2. The molecule has 1 aromatic rings. The molecule has 5 rings (SSSR count). The Labute approximate surface area is 197 Å². The van der Waals surface area contributed by atoms with E-state index < -0.39 is 5.60 Å². The Balaban J connectivity index is 1.27. The third kappa shape index (κ3) is 3.97. The molecule has 0 saturated heterocycles. The van der Waals surface area contributed by atoms with Crippen LogP contribution >= 0.6 is 0 Å². The summed E-state index contributed by atoms with van der Waals surface area (Å²) in [6, 6.07) is 1.96. The highest BCUT2D eigenvalue weighted by Crippen LogP contribution is 2.64. The Morgan fingerprint density at radius 1 is 1.12 bits per heavy atom. The molecule has 4 aliphatic rings. The van der Waals surface area contributed by atoms with Gasteiger partial charge in [0.1, 0.15) is 6.07 Å². The molecule has 0 aliphatic heterocycles. The third-order valence-corrected chi connectivity index (χ3v) is 10.2. The van der Waals surface area contributed by atoms with Crippen molar-refractivity contribution in [1.29, 1.82) is 5.26 Å². The molecule has 0 bridgehead atoms. The molecule has 2 N–H and O–H groups in total. The van der Waals surface area contributed by atoms with Crippen LogP contribution in [0.25, 0.3) is 0 Å². The van der Waals surface area contributed by atoms with Crippen LogP contribution in [0.5, 0.6) is 0 Å². The van der Waals surface area contributed by atoms with E-state index in [1.807, 2.05) is 6.07 Å². The summed E-state index contributed by atoms with van der Waals surface area (Å²) in [5.41, 5.74) is -0.113. The fourth-order valence-corrected chi connectivity index (χ4v) is 8.75. The van der Waals surface area contributed by atoms with Crippen molar-refractivity contribution in [1.82, 2.24) is 9.97 Å². The van der Waals surface area contributed by atoms with Crippen molar-refractivity contribution in [2.24, 2.45) is 40.9 Å². The molecule has 4 fully saturated rings. The van der Waals surface area contributed by atoms with E-state index in [2.05, 4.69) is 29.1 Å². The number of anilines is 1. The Hall–Kier alpha value is -2.00. The number of hydrogen-bond acceptors (Lipinski definition) is 5. The molecule has 0 spiro atoms. The second-order valence-corrected chi connectivity index (χ2v) is 11.7. The summed E-state index contributed by atoms with van der Waals surface area (Å²) >= 11 is 0. The van der Waals surface area contributed by atoms with Crippen molar-refractivity contribution >= 4 is 11.7 Å². The summed E-state index contributed by atoms with van der Waals surface area (Å²) in [6.45, 7) is 4.55. The number of aliphatic hydroxyl groups is 1. The summed E-state index contributed by atoms with van der Waals surface area (Å²) in [5, 5.41) is 23.0. The van der Waals surface area contributed by atoms with Crippen LogP contribution in [0, 0.1) is 52.3 Å². The van der Waals surface area contributed by atoms with Gasteiger partial charge < -0.3 is 10.4 Å². The normalized spacial score (nSPS) is 41.9. The molecular formula is C27H38N4O2. The molecule has 33 heavy (non-hydrogen) atoms. The van der Waals surface area contributed by atoms with Gasteiger partial charge >= 0.3 is 0 Å². The van der Waals surface area contributed by atoms with Crippen molar-refractivity contribution < 1.29 is 9.90 Å². The van der Waals surface area contributed by atoms with Crippen LogP contribution in [0.15, 0.2) is 12.4 Å². The summed E-state index contributed by atoms with van der Waals surface area (Å²) in [4.78, 5) is 21.5. The zero-order valence-corrected chi connectivity index (χ0v) is 20.1. The van der Waals surface area contributed by atoms with Gasteiger partial charge in [0.15, 0.2) is 11.5 Å². The first kappa shape index (κ1) is 22.8. The van der Waals surface area contributed by atoms with Gasteiger partial charge in [-0.25, -0.2) is 9.97 Å². The monoisotopic (exact) mass is 450 g/mol. The van der Waals surface area contributed by atoms with E-state index in [4.69, 9.17) is 5.26 Å². The molecule has 1 amide bonds. The topological polar surface area (TPSA) is 98.9 Å². The van der Waals surface area contributed by atoms with Gasteiger partial charge in [-0.3, -0.25) is 4.79 Å². The quantitative estimate of drug-likeness (QED) is 0.666. The Morgan fingerprint density at radius 3 is 2.67 bits per heavy atom. The van der Waals surface area contributed by atoms with Crippen LogP contribution < -0.4 is 5.32 Å². The fraction of sp³-hybridized carbons (Fsp3) is 0.778. The molecule has 1 heterocycles. The number of rotatable bonds is 4. The van der Waals surface area contributed by atoms with Gasteiger partial charge in [0.05, 0.1) is 18.0 Å². The maximum absolute atomic E-state index is 13.3. The average Bonchev–Trinajstić information content (AvgIpc) is 3.16. The number of nitrogens with one attached hydrogen (secondary N) is 1. The maximum Gasteiger partial charge on any atom is 0.229 e. The predicted molar refractivity (Wildman–Crippen MR) is 126 cm³/mol. The SMILES string of the molecule is CCCC1(O)CCC2C(CCC3C2CCC2(C)C(C(=O)Nc4cnc(C#N)cn4)CCC32)C1. The molecule has 0 radical (unpaired) electrons. The van der Waals surface area contributed by atoms with Crippen LogP contribution in [0.1, 0.15) is 90.2 Å². The number of carbonyl (C=O) groups excluding carboxylic acids is 1. The molecule has 178 valence electrons. The lowest BCUT2D eigenvalue weighted by Gasteiger charge is -2.57. The summed E-state index contributed by atoms with van der Waals surface area (Å²) in [5.74, 6) is 4.10. The first-order valence-corrected chi connectivity index (χ1v) is 13.1. The van der Waals surface area contributed by atoms with E-state index in [0.29, 0.717) is 17.7 Å². The van der Waals surface area contributed by atoms with Crippen LogP contribution in [-0.2, 0) is 4.79 Å². The van der Waals surface area contributed by atoms with Crippen molar-refractivity contribution in [2.45, 2.75) is 90.1 Å². The van der Waals surface area contributed by atoms with Gasteiger partial charge in [0, 0.05) is 5.92 Å². The van der Waals surface area contributed by atoms with Gasteiger partial charge in [0.25, 0.3) is 0 Å². The van der Waals surface area contributed by atoms with Gasteiger partial charge in [-0.2, -0.15) is 5.26 Å². The van der Waals surface area contributed by atoms with E-state index in [0.717, 1.165) is 62.7 Å². The minimum absolute atomic E-state index is 0.0135. The standard InChI is InChI=1S/C27H38N4O2/c1-3-10-27(33)12-9-19-17(13-27)4-5-21-20(19)8-11-26(2)22(21)6-7-23(26)25(32)31-24-16-29-18(14-28)15-30-24/h15-17,19-23,33H,3-13H2,1-2H3,(H,30,31,32). The third-order valence-electron chi connectivity index (χ3n) is 10.2. The molecule has 8 atom stereocenters. The second kappa shape index (κ2) is 8.65. The Morgan fingerprint density at radius 2 is 1.94 bits per heavy atom. The van der Waals surface area contributed by atoms with Crippen molar-refractivity contribution in [3.05, 3.63) is 18.1 Å². The highest BCUT2D eigenvalue weighted by Gasteiger charge is 2.59. The smallest absolute Gasteiger partial charge is 0.229 e.